The molecule has 0 aliphatic carbocycles. The third-order valence-electron chi connectivity index (χ3n) is 4.27. The van der Waals surface area contributed by atoms with E-state index in [9.17, 15) is 5.11 Å². The van der Waals surface area contributed by atoms with Crippen molar-refractivity contribution in [3.05, 3.63) is 60.2 Å². The second-order valence-electron chi connectivity index (χ2n) is 5.93. The zero-order valence-corrected chi connectivity index (χ0v) is 12.6. The average Bonchev–Trinajstić information content (AvgIpc) is 3.30. The van der Waals surface area contributed by atoms with E-state index >= 15 is 0 Å². The first kappa shape index (κ1) is 14.1. The zero-order valence-electron chi connectivity index (χ0n) is 12.6. The Hall–Kier alpha value is -2.51. The minimum Gasteiger partial charge on any atom is -0.382 e. The summed E-state index contributed by atoms with van der Waals surface area (Å²) in [7, 11) is 0. The number of nitrogens with zero attached hydrogens (tertiary/aromatic N) is 5. The van der Waals surface area contributed by atoms with E-state index in [0.29, 0.717) is 25.2 Å². The van der Waals surface area contributed by atoms with Gasteiger partial charge in [-0.05, 0) is 24.6 Å². The summed E-state index contributed by atoms with van der Waals surface area (Å²) in [6.45, 7) is 2.05. The van der Waals surface area contributed by atoms with Gasteiger partial charge in [-0.25, -0.2) is 4.68 Å². The van der Waals surface area contributed by atoms with Gasteiger partial charge in [0, 0.05) is 25.8 Å². The number of benzene rings is 1. The molecule has 1 atom stereocenters. The maximum absolute atomic E-state index is 10.7. The van der Waals surface area contributed by atoms with Crippen molar-refractivity contribution in [3.63, 3.8) is 0 Å². The van der Waals surface area contributed by atoms with Gasteiger partial charge < -0.3 is 5.11 Å². The lowest BCUT2D eigenvalue weighted by Crippen LogP contribution is -2.31. The molecule has 118 valence electrons. The Morgan fingerprint density at radius 2 is 2.09 bits per heavy atom. The monoisotopic (exact) mass is 310 g/mol. The van der Waals surface area contributed by atoms with Crippen LogP contribution < -0.4 is 0 Å². The molecular weight excluding hydrogens is 292 g/mol. The van der Waals surface area contributed by atoms with Crippen molar-refractivity contribution in [2.45, 2.75) is 18.6 Å². The van der Waals surface area contributed by atoms with Gasteiger partial charge in [0.15, 0.2) is 0 Å². The number of nitrogens with one attached hydrogen (secondary N) is 1. The Kier molecular flexibility index (Phi) is 3.44. The maximum atomic E-state index is 10.7. The van der Waals surface area contributed by atoms with Crippen molar-refractivity contribution in [1.29, 1.82) is 0 Å². The Morgan fingerprint density at radius 1 is 1.22 bits per heavy atom. The maximum Gasteiger partial charge on any atom is 0.124 e. The summed E-state index contributed by atoms with van der Waals surface area (Å²) in [5, 5.41) is 25.7. The molecule has 1 unspecified atom stereocenters. The first-order chi connectivity index (χ1) is 11.2. The molecule has 3 aromatic rings. The molecule has 23 heavy (non-hydrogen) atoms. The number of hydrogen-bond acceptors (Lipinski definition) is 5. The van der Waals surface area contributed by atoms with Gasteiger partial charge in [0.2, 0.25) is 0 Å². The third-order valence-corrected chi connectivity index (χ3v) is 4.27. The SMILES string of the molecule is OC1(c2cn[nH]n2)CCN(Cc2ccn(-c3ccccc3)n2)C1. The topological polar surface area (TPSA) is 82.9 Å². The smallest absolute Gasteiger partial charge is 0.124 e. The number of likely N-dealkylation sites (tertiary alicyclic amines) is 1. The van der Waals surface area contributed by atoms with Gasteiger partial charge in [-0.1, -0.05) is 18.2 Å². The second kappa shape index (κ2) is 5.60. The van der Waals surface area contributed by atoms with Gasteiger partial charge in [-0.15, -0.1) is 0 Å². The number of aliphatic hydroxyl groups is 1. The molecule has 7 heteroatoms. The molecule has 3 heterocycles. The molecule has 0 bridgehead atoms. The first-order valence-corrected chi connectivity index (χ1v) is 7.64. The molecule has 1 aliphatic heterocycles. The highest BCUT2D eigenvalue weighted by Crippen LogP contribution is 2.30. The van der Waals surface area contributed by atoms with Crippen LogP contribution in [0.2, 0.25) is 0 Å². The van der Waals surface area contributed by atoms with Gasteiger partial charge in [0.25, 0.3) is 0 Å². The van der Waals surface area contributed by atoms with Crippen molar-refractivity contribution in [1.82, 2.24) is 30.1 Å². The van der Waals surface area contributed by atoms with Gasteiger partial charge in [-0.2, -0.15) is 20.5 Å². The predicted molar refractivity (Wildman–Crippen MR) is 83.7 cm³/mol. The van der Waals surface area contributed by atoms with Gasteiger partial charge >= 0.3 is 0 Å². The van der Waals surface area contributed by atoms with Crippen LogP contribution in [0.5, 0.6) is 0 Å². The summed E-state index contributed by atoms with van der Waals surface area (Å²) in [4.78, 5) is 2.19. The molecular formula is C16H18N6O. The summed E-state index contributed by atoms with van der Waals surface area (Å²) in [6, 6.07) is 12.0. The Balaban J connectivity index is 1.45. The zero-order chi connectivity index (χ0) is 15.7. The highest BCUT2D eigenvalue weighted by Gasteiger charge is 2.39. The molecule has 0 spiro atoms. The fourth-order valence-electron chi connectivity index (χ4n) is 3.04. The number of H-pyrrole nitrogens is 1. The van der Waals surface area contributed by atoms with Crippen molar-refractivity contribution in [2.24, 2.45) is 0 Å². The molecule has 7 nitrogen and oxygen atoms in total. The quantitative estimate of drug-likeness (QED) is 0.753. The standard InChI is InChI=1S/C16H18N6O/c23-16(15-10-17-20-18-15)7-9-21(12-16)11-13-6-8-22(19-13)14-4-2-1-3-5-14/h1-6,8,10,23H,7,9,11-12H2,(H,17,18,20). The molecule has 1 saturated heterocycles. The van der Waals surface area contributed by atoms with Crippen LogP contribution in [0.4, 0.5) is 0 Å². The van der Waals surface area contributed by atoms with E-state index in [1.807, 2.05) is 47.3 Å². The van der Waals surface area contributed by atoms with Crippen LogP contribution in [0.3, 0.4) is 0 Å². The Labute approximate surface area is 133 Å². The van der Waals surface area contributed by atoms with Crippen LogP contribution in [0.25, 0.3) is 5.69 Å². The Morgan fingerprint density at radius 3 is 2.87 bits per heavy atom. The molecule has 1 aliphatic rings. The number of hydrogen-bond donors (Lipinski definition) is 2. The van der Waals surface area contributed by atoms with E-state index in [1.54, 1.807) is 6.20 Å². The van der Waals surface area contributed by atoms with Gasteiger partial charge in [0.1, 0.15) is 11.3 Å². The highest BCUT2D eigenvalue weighted by molar-refractivity contribution is 5.30. The molecule has 2 N–H and O–H groups in total. The number of rotatable bonds is 4. The summed E-state index contributed by atoms with van der Waals surface area (Å²) >= 11 is 0. The minimum atomic E-state index is -0.922. The molecule has 1 fully saturated rings. The van der Waals surface area contributed by atoms with E-state index in [-0.39, 0.29) is 0 Å². The fourth-order valence-corrected chi connectivity index (χ4v) is 3.04. The molecule has 4 rings (SSSR count). The van der Waals surface area contributed by atoms with Crippen LogP contribution in [-0.2, 0) is 12.1 Å². The van der Waals surface area contributed by atoms with Crippen LogP contribution in [0.1, 0.15) is 17.8 Å². The lowest BCUT2D eigenvalue weighted by molar-refractivity contribution is 0.0407. The summed E-state index contributed by atoms with van der Waals surface area (Å²) < 4.78 is 1.87. The normalized spacial score (nSPS) is 21.8. The van der Waals surface area contributed by atoms with Crippen LogP contribution >= 0.6 is 0 Å². The van der Waals surface area contributed by atoms with E-state index in [0.717, 1.165) is 17.9 Å². The molecule has 2 aromatic heterocycles. The molecule has 0 radical (unpaired) electrons. The summed E-state index contributed by atoms with van der Waals surface area (Å²) in [5.74, 6) is 0. The average molecular weight is 310 g/mol. The predicted octanol–water partition coefficient (Wildman–Crippen LogP) is 1.08. The van der Waals surface area contributed by atoms with Crippen LogP contribution in [-0.4, -0.2) is 48.3 Å². The second-order valence-corrected chi connectivity index (χ2v) is 5.93. The van der Waals surface area contributed by atoms with Crippen molar-refractivity contribution in [2.75, 3.05) is 13.1 Å². The lowest BCUT2D eigenvalue weighted by Gasteiger charge is -2.20. The van der Waals surface area contributed by atoms with E-state index in [2.05, 4.69) is 25.4 Å². The Bertz CT molecular complexity index is 769. The summed E-state index contributed by atoms with van der Waals surface area (Å²) in [5.41, 5.74) is 1.71. The van der Waals surface area contributed by atoms with Crippen molar-refractivity contribution < 1.29 is 5.11 Å². The number of aromatic nitrogens is 5. The van der Waals surface area contributed by atoms with Crippen molar-refractivity contribution >= 4 is 0 Å². The molecule has 0 amide bonds. The third kappa shape index (κ3) is 2.76. The molecule has 1 aromatic carbocycles. The minimum absolute atomic E-state index is 0.539. The fraction of sp³-hybridized carbons (Fsp3) is 0.312. The van der Waals surface area contributed by atoms with Crippen LogP contribution in [0, 0.1) is 0 Å². The van der Waals surface area contributed by atoms with Gasteiger partial charge in [-0.3, -0.25) is 4.90 Å². The first-order valence-electron chi connectivity index (χ1n) is 7.64. The number of β-amino-alcohol motifs (C(OH)–C–C–N with tert-alkyl or cyclic N) is 1. The summed E-state index contributed by atoms with van der Waals surface area (Å²) in [6.07, 6.45) is 4.21. The lowest BCUT2D eigenvalue weighted by atomic mass is 10.0. The van der Waals surface area contributed by atoms with E-state index in [1.165, 1.54) is 0 Å². The largest absolute Gasteiger partial charge is 0.382 e. The van der Waals surface area contributed by atoms with E-state index < -0.39 is 5.60 Å². The van der Waals surface area contributed by atoms with Crippen molar-refractivity contribution in [3.8, 4) is 5.69 Å². The highest BCUT2D eigenvalue weighted by atomic mass is 16.3. The number of aromatic amines is 1. The number of para-hydroxylation sites is 1. The van der Waals surface area contributed by atoms with Gasteiger partial charge in [0.05, 0.1) is 17.6 Å². The van der Waals surface area contributed by atoms with Crippen LogP contribution in [0.15, 0.2) is 48.8 Å². The van der Waals surface area contributed by atoms with E-state index in [4.69, 9.17) is 0 Å². The molecule has 0 saturated carbocycles.